The van der Waals surface area contributed by atoms with Crippen LogP contribution in [0.2, 0.25) is 0 Å². The number of morpholine rings is 1. The van der Waals surface area contributed by atoms with Crippen molar-refractivity contribution in [2.45, 2.75) is 25.7 Å². The SMILES string of the molecule is COC1=CC(=O)CC(C(=O)N2CCOCC2)C1.COC1=CC(=O)CC(C(=O)O)C1. The second-order valence-electron chi connectivity index (χ2n) is 7.05. The molecular weight excluding hydrogens is 382 g/mol. The van der Waals surface area contributed by atoms with Crippen molar-refractivity contribution in [1.82, 2.24) is 4.90 Å². The minimum absolute atomic E-state index is 0.0280. The van der Waals surface area contributed by atoms with Gasteiger partial charge in [0.25, 0.3) is 0 Å². The summed E-state index contributed by atoms with van der Waals surface area (Å²) in [6.07, 6.45) is 4.07. The highest BCUT2D eigenvalue weighted by molar-refractivity contribution is 5.95. The molecule has 0 aromatic carbocycles. The van der Waals surface area contributed by atoms with Crippen LogP contribution in [0.3, 0.4) is 0 Å². The zero-order chi connectivity index (χ0) is 21.4. The van der Waals surface area contributed by atoms with Gasteiger partial charge in [0, 0.05) is 50.9 Å². The summed E-state index contributed by atoms with van der Waals surface area (Å²) in [4.78, 5) is 46.9. The Kier molecular flexibility index (Phi) is 8.38. The number of methoxy groups -OCH3 is 2. The van der Waals surface area contributed by atoms with Gasteiger partial charge in [-0.05, 0) is 0 Å². The fraction of sp³-hybridized carbons (Fsp3) is 0.600. The number of nitrogens with zero attached hydrogens (tertiary/aromatic N) is 1. The highest BCUT2D eigenvalue weighted by Crippen LogP contribution is 2.25. The van der Waals surface area contributed by atoms with Crippen LogP contribution in [0.25, 0.3) is 0 Å². The van der Waals surface area contributed by atoms with Gasteiger partial charge in [-0.1, -0.05) is 0 Å². The minimum atomic E-state index is -0.939. The summed E-state index contributed by atoms with van der Waals surface area (Å²) in [6, 6.07) is 0. The maximum absolute atomic E-state index is 12.2. The Hall–Kier alpha value is -2.68. The van der Waals surface area contributed by atoms with E-state index in [-0.39, 0.29) is 29.8 Å². The molecule has 1 saturated heterocycles. The monoisotopic (exact) mass is 409 g/mol. The molecule has 0 radical (unpaired) electrons. The second kappa shape index (κ2) is 10.8. The Labute approximate surface area is 169 Å². The molecule has 1 amide bonds. The first kappa shape index (κ1) is 22.6. The van der Waals surface area contributed by atoms with E-state index >= 15 is 0 Å². The Morgan fingerprint density at radius 1 is 0.931 bits per heavy atom. The lowest BCUT2D eigenvalue weighted by Gasteiger charge is -2.31. The van der Waals surface area contributed by atoms with Crippen molar-refractivity contribution in [2.24, 2.45) is 11.8 Å². The maximum atomic E-state index is 12.2. The lowest BCUT2D eigenvalue weighted by molar-refractivity contribution is -0.144. The zero-order valence-corrected chi connectivity index (χ0v) is 16.7. The second-order valence-corrected chi connectivity index (χ2v) is 7.05. The normalized spacial score (nSPS) is 24.6. The van der Waals surface area contributed by atoms with Crippen molar-refractivity contribution in [1.29, 1.82) is 0 Å². The van der Waals surface area contributed by atoms with E-state index in [1.54, 1.807) is 4.90 Å². The summed E-state index contributed by atoms with van der Waals surface area (Å²) >= 11 is 0. The van der Waals surface area contributed by atoms with Crippen LogP contribution in [-0.4, -0.2) is 74.0 Å². The van der Waals surface area contributed by atoms with Crippen LogP contribution in [0.4, 0.5) is 0 Å². The molecule has 3 rings (SSSR count). The van der Waals surface area contributed by atoms with E-state index in [1.165, 1.54) is 26.4 Å². The number of amides is 1. The van der Waals surface area contributed by atoms with E-state index in [0.29, 0.717) is 57.1 Å². The molecule has 160 valence electrons. The topological polar surface area (TPSA) is 119 Å². The van der Waals surface area contributed by atoms with Crippen molar-refractivity contribution < 1.29 is 38.5 Å². The van der Waals surface area contributed by atoms with Crippen LogP contribution >= 0.6 is 0 Å². The molecule has 2 unspecified atom stereocenters. The molecule has 1 aliphatic heterocycles. The molecule has 2 atom stereocenters. The number of carboxylic acid groups (broad SMARTS) is 1. The molecule has 0 aromatic heterocycles. The number of allylic oxidation sites excluding steroid dienone is 4. The van der Waals surface area contributed by atoms with Gasteiger partial charge in [0.15, 0.2) is 11.6 Å². The molecule has 9 heteroatoms. The maximum Gasteiger partial charge on any atom is 0.307 e. The van der Waals surface area contributed by atoms with Gasteiger partial charge in [0.1, 0.15) is 0 Å². The largest absolute Gasteiger partial charge is 0.501 e. The van der Waals surface area contributed by atoms with Crippen molar-refractivity contribution in [3.05, 3.63) is 23.7 Å². The van der Waals surface area contributed by atoms with Gasteiger partial charge in [0.05, 0.1) is 50.8 Å². The molecule has 1 N–H and O–H groups in total. The molecule has 0 saturated carbocycles. The highest BCUT2D eigenvalue weighted by Gasteiger charge is 2.31. The first-order valence-electron chi connectivity index (χ1n) is 9.48. The molecule has 9 nitrogen and oxygen atoms in total. The number of rotatable bonds is 4. The van der Waals surface area contributed by atoms with Gasteiger partial charge < -0.3 is 24.2 Å². The molecule has 1 heterocycles. The third kappa shape index (κ3) is 6.70. The third-order valence-electron chi connectivity index (χ3n) is 4.98. The summed E-state index contributed by atoms with van der Waals surface area (Å²) < 4.78 is 15.1. The molecule has 29 heavy (non-hydrogen) atoms. The average Bonchev–Trinajstić information content (AvgIpc) is 2.73. The van der Waals surface area contributed by atoms with E-state index in [4.69, 9.17) is 19.3 Å². The quantitative estimate of drug-likeness (QED) is 0.728. The van der Waals surface area contributed by atoms with E-state index in [1.807, 2.05) is 0 Å². The molecule has 0 spiro atoms. The number of ketones is 2. The highest BCUT2D eigenvalue weighted by atomic mass is 16.5. The lowest BCUT2D eigenvalue weighted by Crippen LogP contribution is -2.44. The summed E-state index contributed by atoms with van der Waals surface area (Å²) in [5.41, 5.74) is 0. The number of ether oxygens (including phenoxy) is 3. The predicted molar refractivity (Wildman–Crippen MR) is 101 cm³/mol. The van der Waals surface area contributed by atoms with Crippen LogP contribution in [0, 0.1) is 11.8 Å². The van der Waals surface area contributed by atoms with Crippen LogP contribution in [0.15, 0.2) is 23.7 Å². The van der Waals surface area contributed by atoms with Crippen LogP contribution in [0.5, 0.6) is 0 Å². The van der Waals surface area contributed by atoms with Crippen LogP contribution < -0.4 is 0 Å². The van der Waals surface area contributed by atoms with Crippen molar-refractivity contribution in [3.63, 3.8) is 0 Å². The predicted octanol–water partition coefficient (Wildman–Crippen LogP) is 0.935. The van der Waals surface area contributed by atoms with Gasteiger partial charge in [-0.3, -0.25) is 19.2 Å². The lowest BCUT2D eigenvalue weighted by atomic mass is 9.91. The smallest absolute Gasteiger partial charge is 0.307 e. The first-order chi connectivity index (χ1) is 13.8. The molecule has 1 fully saturated rings. The Bertz CT molecular complexity index is 705. The zero-order valence-electron chi connectivity index (χ0n) is 16.7. The number of hydrogen-bond acceptors (Lipinski definition) is 7. The Morgan fingerprint density at radius 3 is 1.90 bits per heavy atom. The fourth-order valence-electron chi connectivity index (χ4n) is 3.39. The number of aliphatic carboxylic acids is 1. The Balaban J connectivity index is 0.000000221. The summed E-state index contributed by atoms with van der Waals surface area (Å²) in [7, 11) is 2.96. The molecule has 2 aliphatic carbocycles. The van der Waals surface area contributed by atoms with Gasteiger partial charge in [-0.25, -0.2) is 0 Å². The Morgan fingerprint density at radius 2 is 1.41 bits per heavy atom. The number of hydrogen-bond donors (Lipinski definition) is 1. The number of carbonyl (C=O) groups is 4. The number of carbonyl (C=O) groups excluding carboxylic acids is 3. The van der Waals surface area contributed by atoms with Gasteiger partial charge in [0.2, 0.25) is 5.91 Å². The van der Waals surface area contributed by atoms with E-state index < -0.39 is 11.9 Å². The van der Waals surface area contributed by atoms with Crippen molar-refractivity contribution >= 4 is 23.4 Å². The standard InChI is InChI=1S/C12H17NO4.C8H10O4/c1-16-11-7-9(6-10(14)8-11)12(15)13-2-4-17-5-3-13;1-12-7-3-5(8(10)11)2-6(9)4-7/h8-9H,2-7H2,1H3;4-5H,2-3H2,1H3,(H,10,11). The van der Waals surface area contributed by atoms with E-state index in [2.05, 4.69) is 0 Å². The van der Waals surface area contributed by atoms with E-state index in [9.17, 15) is 19.2 Å². The van der Waals surface area contributed by atoms with Crippen LogP contribution in [0.1, 0.15) is 25.7 Å². The number of carboxylic acids is 1. The molecule has 0 bridgehead atoms. The van der Waals surface area contributed by atoms with Crippen molar-refractivity contribution in [2.75, 3.05) is 40.5 Å². The summed E-state index contributed by atoms with van der Waals surface area (Å²) in [6.45, 7) is 2.41. The molecule has 3 aliphatic rings. The third-order valence-corrected chi connectivity index (χ3v) is 4.98. The average molecular weight is 409 g/mol. The van der Waals surface area contributed by atoms with Gasteiger partial charge in [-0.2, -0.15) is 0 Å². The summed E-state index contributed by atoms with van der Waals surface area (Å²) in [5, 5.41) is 8.63. The van der Waals surface area contributed by atoms with Crippen LogP contribution in [-0.2, 0) is 33.4 Å². The van der Waals surface area contributed by atoms with Crippen molar-refractivity contribution in [3.8, 4) is 0 Å². The van der Waals surface area contributed by atoms with Gasteiger partial charge >= 0.3 is 5.97 Å². The molecular formula is C20H27NO8. The summed E-state index contributed by atoms with van der Waals surface area (Å²) in [5.74, 6) is -0.912. The minimum Gasteiger partial charge on any atom is -0.501 e. The molecule has 0 aromatic rings. The van der Waals surface area contributed by atoms with Gasteiger partial charge in [-0.15, -0.1) is 0 Å². The fourth-order valence-corrected chi connectivity index (χ4v) is 3.39. The first-order valence-corrected chi connectivity index (χ1v) is 9.48. The van der Waals surface area contributed by atoms with E-state index in [0.717, 1.165) is 0 Å².